The fraction of sp³-hybridized carbons (Fsp3) is 0.188. The smallest absolute Gasteiger partial charge is 0.186 e. The molecule has 10 nitrogen and oxygen atoms in total. The van der Waals surface area contributed by atoms with Gasteiger partial charge in [-0.1, -0.05) is 18.2 Å². The average Bonchev–Trinajstić information content (AvgIpc) is 3.01. The number of nitrogens with zero attached hydrogens (tertiary/aromatic N) is 2. The van der Waals surface area contributed by atoms with Crippen molar-refractivity contribution in [3.63, 3.8) is 0 Å². The van der Waals surface area contributed by atoms with Crippen LogP contribution in [0.2, 0.25) is 0 Å². The Morgan fingerprint density at radius 1 is 0.762 bits per heavy atom. The second-order valence-electron chi connectivity index (χ2n) is 9.08. The number of rotatable bonds is 13. The molecule has 1 aromatic heterocycles. The van der Waals surface area contributed by atoms with Crippen LogP contribution >= 0.6 is 0 Å². The van der Waals surface area contributed by atoms with Crippen LogP contribution in [0.4, 0.5) is 11.5 Å². The van der Waals surface area contributed by atoms with Gasteiger partial charge in [-0.3, -0.25) is 9.59 Å². The standard InChI is InChI=1S/C32H29N3O7/c1-38-12-13-42-31-19-28-26(18-30(31)39-2)32(34-20-33-28)35-27-10-9-23(41-15-14-40-22-6-4-3-5-7-22)17-24(27)25-16-21(36)8-11-29(25)37/h3-11,16-20H,12-15H2,1-2H3,(H,33,34,35). The van der Waals surface area contributed by atoms with E-state index in [1.165, 1.54) is 24.6 Å². The summed E-state index contributed by atoms with van der Waals surface area (Å²) in [5, 5.41) is 3.98. The van der Waals surface area contributed by atoms with Crippen LogP contribution in [-0.2, 0) is 14.3 Å². The third-order valence-electron chi connectivity index (χ3n) is 6.32. The van der Waals surface area contributed by atoms with E-state index in [2.05, 4.69) is 15.3 Å². The Labute approximate surface area is 242 Å². The molecule has 214 valence electrons. The molecule has 0 radical (unpaired) electrons. The average molecular weight is 568 g/mol. The zero-order valence-corrected chi connectivity index (χ0v) is 23.2. The van der Waals surface area contributed by atoms with Crippen molar-refractivity contribution in [1.29, 1.82) is 0 Å². The molecule has 0 aliphatic heterocycles. The highest BCUT2D eigenvalue weighted by Gasteiger charge is 2.20. The van der Waals surface area contributed by atoms with Gasteiger partial charge in [0.1, 0.15) is 43.5 Å². The number of methoxy groups -OCH3 is 2. The van der Waals surface area contributed by atoms with Crippen LogP contribution in [-0.4, -0.2) is 62.2 Å². The van der Waals surface area contributed by atoms with Gasteiger partial charge in [-0.25, -0.2) is 9.97 Å². The summed E-state index contributed by atoms with van der Waals surface area (Å²) < 4.78 is 28.0. The number of nitrogens with one attached hydrogen (secondary N) is 1. The van der Waals surface area contributed by atoms with E-state index in [9.17, 15) is 9.59 Å². The highest BCUT2D eigenvalue weighted by Crippen LogP contribution is 2.37. The molecule has 0 atom stereocenters. The number of fused-ring (bicyclic) bond motifs is 1. The summed E-state index contributed by atoms with van der Waals surface area (Å²) in [5.41, 5.74) is 1.88. The quantitative estimate of drug-likeness (QED) is 0.175. The van der Waals surface area contributed by atoms with Crippen molar-refractivity contribution < 1.29 is 33.3 Å². The number of carbonyl (C=O) groups excluding carboxylic acids is 2. The minimum absolute atomic E-state index is 0.237. The molecule has 5 rings (SSSR count). The largest absolute Gasteiger partial charge is 0.493 e. The van der Waals surface area contributed by atoms with E-state index in [1.54, 1.807) is 44.6 Å². The normalized spacial score (nSPS) is 12.7. The molecule has 1 aliphatic rings. The van der Waals surface area contributed by atoms with E-state index >= 15 is 0 Å². The van der Waals surface area contributed by atoms with Crippen LogP contribution in [0.1, 0.15) is 5.56 Å². The number of hydrogen-bond donors (Lipinski definition) is 1. The number of aromatic nitrogens is 2. The maximum Gasteiger partial charge on any atom is 0.186 e. The fourth-order valence-electron chi connectivity index (χ4n) is 4.30. The summed E-state index contributed by atoms with van der Waals surface area (Å²) in [6.45, 7) is 1.37. The van der Waals surface area contributed by atoms with Gasteiger partial charge in [0.15, 0.2) is 23.1 Å². The molecule has 1 heterocycles. The summed E-state index contributed by atoms with van der Waals surface area (Å²) in [5.74, 6) is 2.17. The second-order valence-corrected chi connectivity index (χ2v) is 9.08. The molecule has 10 heteroatoms. The predicted octanol–water partition coefficient (Wildman–Crippen LogP) is 4.96. The second kappa shape index (κ2) is 13.4. The van der Waals surface area contributed by atoms with Crippen LogP contribution in [0.15, 0.2) is 85.2 Å². The van der Waals surface area contributed by atoms with Gasteiger partial charge in [0.2, 0.25) is 0 Å². The SMILES string of the molecule is COCCOc1cc2ncnc(Nc3ccc(OCCOc4ccccc4)cc3C3=CC(=O)C=CC3=O)c2cc1OC. The molecular formula is C32H29N3O7. The molecule has 4 aromatic rings. The molecule has 0 bridgehead atoms. The molecule has 42 heavy (non-hydrogen) atoms. The fourth-order valence-corrected chi connectivity index (χ4v) is 4.30. The third kappa shape index (κ3) is 6.73. The first-order valence-corrected chi connectivity index (χ1v) is 13.2. The Kier molecular flexibility index (Phi) is 9.05. The van der Waals surface area contributed by atoms with Crippen molar-refractivity contribution in [1.82, 2.24) is 9.97 Å². The number of benzene rings is 3. The van der Waals surface area contributed by atoms with Gasteiger partial charge in [0, 0.05) is 35.4 Å². The van der Waals surface area contributed by atoms with Crippen molar-refractivity contribution in [2.24, 2.45) is 0 Å². The molecule has 1 aliphatic carbocycles. The number of para-hydroxylation sites is 1. The van der Waals surface area contributed by atoms with Crippen molar-refractivity contribution in [2.45, 2.75) is 0 Å². The zero-order chi connectivity index (χ0) is 29.3. The van der Waals surface area contributed by atoms with E-state index in [0.29, 0.717) is 65.0 Å². The number of ether oxygens (including phenoxy) is 5. The molecule has 0 unspecified atom stereocenters. The highest BCUT2D eigenvalue weighted by atomic mass is 16.5. The number of carbonyl (C=O) groups is 2. The van der Waals surface area contributed by atoms with E-state index in [1.807, 2.05) is 30.3 Å². The van der Waals surface area contributed by atoms with Gasteiger partial charge in [-0.05, 0) is 54.6 Å². The summed E-state index contributed by atoms with van der Waals surface area (Å²) >= 11 is 0. The maximum absolute atomic E-state index is 12.9. The first-order valence-electron chi connectivity index (χ1n) is 13.2. The van der Waals surface area contributed by atoms with Crippen LogP contribution in [0, 0.1) is 0 Å². The Balaban J connectivity index is 1.44. The number of allylic oxidation sites excluding steroid dienone is 4. The first kappa shape index (κ1) is 28.3. The molecule has 0 saturated heterocycles. The van der Waals surface area contributed by atoms with E-state index < -0.39 is 0 Å². The van der Waals surface area contributed by atoms with Gasteiger partial charge in [0.25, 0.3) is 0 Å². The lowest BCUT2D eigenvalue weighted by Gasteiger charge is -2.18. The molecule has 0 amide bonds. The topological polar surface area (TPSA) is 118 Å². The molecular weight excluding hydrogens is 538 g/mol. The van der Waals surface area contributed by atoms with Crippen molar-refractivity contribution in [2.75, 3.05) is 46.0 Å². The van der Waals surface area contributed by atoms with Crippen LogP contribution in [0.3, 0.4) is 0 Å². The maximum atomic E-state index is 12.9. The summed E-state index contributed by atoms with van der Waals surface area (Å²) in [4.78, 5) is 33.9. The molecule has 0 fully saturated rings. The zero-order valence-electron chi connectivity index (χ0n) is 23.2. The Morgan fingerprint density at radius 3 is 2.33 bits per heavy atom. The lowest BCUT2D eigenvalue weighted by molar-refractivity contribution is -0.113. The van der Waals surface area contributed by atoms with Gasteiger partial charge in [0.05, 0.1) is 19.2 Å². The van der Waals surface area contributed by atoms with E-state index in [4.69, 9.17) is 23.7 Å². The highest BCUT2D eigenvalue weighted by molar-refractivity contribution is 6.34. The monoisotopic (exact) mass is 567 g/mol. The lowest BCUT2D eigenvalue weighted by atomic mass is 9.94. The van der Waals surface area contributed by atoms with Gasteiger partial charge in [-0.15, -0.1) is 0 Å². The van der Waals surface area contributed by atoms with Gasteiger partial charge < -0.3 is 29.0 Å². The van der Waals surface area contributed by atoms with E-state index in [-0.39, 0.29) is 23.7 Å². The van der Waals surface area contributed by atoms with Crippen molar-refractivity contribution >= 4 is 39.5 Å². The summed E-state index contributed by atoms with van der Waals surface area (Å²) in [6, 6.07) is 18.2. The van der Waals surface area contributed by atoms with E-state index in [0.717, 1.165) is 5.75 Å². The minimum Gasteiger partial charge on any atom is -0.493 e. The first-order chi connectivity index (χ1) is 20.6. The molecule has 3 aromatic carbocycles. The Bertz CT molecular complexity index is 1650. The van der Waals surface area contributed by atoms with Gasteiger partial charge in [-0.2, -0.15) is 0 Å². The van der Waals surface area contributed by atoms with Gasteiger partial charge >= 0.3 is 0 Å². The van der Waals surface area contributed by atoms with Crippen molar-refractivity contribution in [3.8, 4) is 23.0 Å². The number of anilines is 2. The number of hydrogen-bond acceptors (Lipinski definition) is 10. The third-order valence-corrected chi connectivity index (χ3v) is 6.32. The van der Waals surface area contributed by atoms with Crippen molar-refractivity contribution in [3.05, 3.63) is 90.8 Å². The lowest BCUT2D eigenvalue weighted by Crippen LogP contribution is -2.11. The minimum atomic E-state index is -0.297. The number of ketones is 2. The Hall–Kier alpha value is -5.22. The predicted molar refractivity (Wildman–Crippen MR) is 158 cm³/mol. The Morgan fingerprint density at radius 2 is 1.55 bits per heavy atom. The summed E-state index contributed by atoms with van der Waals surface area (Å²) in [7, 11) is 3.15. The molecule has 0 spiro atoms. The molecule has 0 saturated carbocycles. The van der Waals surface area contributed by atoms with Crippen LogP contribution in [0.25, 0.3) is 16.5 Å². The molecule has 1 N–H and O–H groups in total. The summed E-state index contributed by atoms with van der Waals surface area (Å²) in [6.07, 6.45) is 5.25. The van der Waals surface area contributed by atoms with Crippen LogP contribution in [0.5, 0.6) is 23.0 Å². The van der Waals surface area contributed by atoms with Crippen LogP contribution < -0.4 is 24.3 Å².